The molecule has 4 heteroatoms. The summed E-state index contributed by atoms with van der Waals surface area (Å²) in [5.41, 5.74) is 2.05. The standard InChI is InChI=1S/C13H14BrNO2/c14-7-1-2-8-17-11-5-3-10-4-6-13(16)15-12(10)9-11/h1-3,5,9H,4,6-8H2,(H,15,16). The lowest BCUT2D eigenvalue weighted by Crippen LogP contribution is -2.18. The smallest absolute Gasteiger partial charge is 0.224 e. The van der Waals surface area contributed by atoms with Crippen LogP contribution in [0.1, 0.15) is 12.0 Å². The second kappa shape index (κ2) is 5.87. The van der Waals surface area contributed by atoms with E-state index in [-0.39, 0.29) is 5.91 Å². The number of carbonyl (C=O) groups is 1. The van der Waals surface area contributed by atoms with Crippen molar-refractivity contribution in [2.45, 2.75) is 12.8 Å². The zero-order valence-corrected chi connectivity index (χ0v) is 11.0. The van der Waals surface area contributed by atoms with Crippen molar-refractivity contribution in [1.29, 1.82) is 0 Å². The summed E-state index contributed by atoms with van der Waals surface area (Å²) in [7, 11) is 0. The quantitative estimate of drug-likeness (QED) is 0.685. The molecule has 2 rings (SSSR count). The number of fused-ring (bicyclic) bond motifs is 1. The molecule has 0 atom stereocenters. The van der Waals surface area contributed by atoms with Crippen molar-refractivity contribution in [1.82, 2.24) is 0 Å². The van der Waals surface area contributed by atoms with Gasteiger partial charge in [0.15, 0.2) is 0 Å². The maximum atomic E-state index is 11.3. The first-order valence-corrected chi connectivity index (χ1v) is 6.68. The van der Waals surface area contributed by atoms with Crippen molar-refractivity contribution in [3.05, 3.63) is 35.9 Å². The highest BCUT2D eigenvalue weighted by atomic mass is 79.9. The predicted molar refractivity (Wildman–Crippen MR) is 71.8 cm³/mol. The minimum Gasteiger partial charge on any atom is -0.489 e. The van der Waals surface area contributed by atoms with Gasteiger partial charge in [0.05, 0.1) is 0 Å². The minimum atomic E-state index is 0.0776. The second-order valence-corrected chi connectivity index (χ2v) is 4.45. The molecule has 0 spiro atoms. The molecule has 3 nitrogen and oxygen atoms in total. The summed E-state index contributed by atoms with van der Waals surface area (Å²) in [4.78, 5) is 11.3. The summed E-state index contributed by atoms with van der Waals surface area (Å²) in [5, 5.41) is 3.69. The van der Waals surface area contributed by atoms with Gasteiger partial charge in [0, 0.05) is 23.5 Å². The van der Waals surface area contributed by atoms with Crippen LogP contribution in [0.4, 0.5) is 5.69 Å². The van der Waals surface area contributed by atoms with Crippen molar-refractivity contribution in [2.24, 2.45) is 0 Å². The van der Waals surface area contributed by atoms with Crippen LogP contribution in [0.2, 0.25) is 0 Å². The number of benzene rings is 1. The number of allylic oxidation sites excluding steroid dienone is 1. The van der Waals surface area contributed by atoms with E-state index >= 15 is 0 Å². The van der Waals surface area contributed by atoms with Crippen LogP contribution in [-0.2, 0) is 11.2 Å². The number of hydrogen-bond acceptors (Lipinski definition) is 2. The van der Waals surface area contributed by atoms with Crippen molar-refractivity contribution >= 4 is 27.5 Å². The highest BCUT2D eigenvalue weighted by molar-refractivity contribution is 9.09. The largest absolute Gasteiger partial charge is 0.489 e. The molecule has 0 bridgehead atoms. The number of halogens is 1. The lowest BCUT2D eigenvalue weighted by Gasteiger charge is -2.17. The Balaban J connectivity index is 2.02. The average Bonchev–Trinajstić information content (AvgIpc) is 2.34. The normalized spacial score (nSPS) is 14.5. The van der Waals surface area contributed by atoms with Crippen molar-refractivity contribution in [3.8, 4) is 5.75 Å². The van der Waals surface area contributed by atoms with Crippen LogP contribution in [0, 0.1) is 0 Å². The van der Waals surface area contributed by atoms with E-state index in [1.807, 2.05) is 30.4 Å². The number of nitrogens with one attached hydrogen (secondary N) is 1. The number of anilines is 1. The fraction of sp³-hybridized carbons (Fsp3) is 0.308. The van der Waals surface area contributed by atoms with Crippen molar-refractivity contribution < 1.29 is 9.53 Å². The van der Waals surface area contributed by atoms with E-state index in [0.717, 1.165) is 23.2 Å². The van der Waals surface area contributed by atoms with Crippen molar-refractivity contribution in [3.63, 3.8) is 0 Å². The van der Waals surface area contributed by atoms with Gasteiger partial charge < -0.3 is 10.1 Å². The zero-order valence-electron chi connectivity index (χ0n) is 9.41. The fourth-order valence-electron chi connectivity index (χ4n) is 1.72. The Morgan fingerprint density at radius 3 is 3.06 bits per heavy atom. The lowest BCUT2D eigenvalue weighted by atomic mass is 10.0. The van der Waals surface area contributed by atoms with Gasteiger partial charge in [-0.1, -0.05) is 34.1 Å². The van der Waals surface area contributed by atoms with E-state index in [2.05, 4.69) is 21.2 Å². The molecule has 1 aromatic rings. The summed E-state index contributed by atoms with van der Waals surface area (Å²) in [6.07, 6.45) is 5.32. The number of hydrogen-bond donors (Lipinski definition) is 1. The fourth-order valence-corrected chi connectivity index (χ4v) is 1.98. The van der Waals surface area contributed by atoms with Crippen LogP contribution in [0.5, 0.6) is 5.75 Å². The van der Waals surface area contributed by atoms with E-state index in [1.165, 1.54) is 5.56 Å². The highest BCUT2D eigenvalue weighted by Crippen LogP contribution is 2.26. The molecule has 0 aliphatic carbocycles. The topological polar surface area (TPSA) is 38.3 Å². The van der Waals surface area contributed by atoms with E-state index in [0.29, 0.717) is 13.0 Å². The van der Waals surface area contributed by atoms with Crippen LogP contribution in [0.15, 0.2) is 30.4 Å². The summed E-state index contributed by atoms with van der Waals surface area (Å²) in [5.74, 6) is 0.860. The third-order valence-electron chi connectivity index (χ3n) is 2.58. The van der Waals surface area contributed by atoms with Gasteiger partial charge in [0.1, 0.15) is 12.4 Å². The van der Waals surface area contributed by atoms with Crippen LogP contribution < -0.4 is 10.1 Å². The van der Waals surface area contributed by atoms with E-state index in [9.17, 15) is 4.79 Å². The van der Waals surface area contributed by atoms with E-state index in [1.54, 1.807) is 0 Å². The Bertz CT molecular complexity index is 443. The van der Waals surface area contributed by atoms with Crippen LogP contribution in [0.25, 0.3) is 0 Å². The maximum absolute atomic E-state index is 11.3. The molecule has 90 valence electrons. The molecular formula is C13H14BrNO2. The maximum Gasteiger partial charge on any atom is 0.224 e. The Hall–Kier alpha value is -1.29. The Labute approximate surface area is 109 Å². The molecule has 1 amide bonds. The Morgan fingerprint density at radius 1 is 1.35 bits per heavy atom. The molecule has 0 saturated carbocycles. The van der Waals surface area contributed by atoms with Gasteiger partial charge in [-0.05, 0) is 18.1 Å². The molecule has 17 heavy (non-hydrogen) atoms. The van der Waals surface area contributed by atoms with Gasteiger partial charge in [0.2, 0.25) is 5.91 Å². The molecule has 1 aliphatic rings. The minimum absolute atomic E-state index is 0.0776. The third kappa shape index (κ3) is 3.33. The van der Waals surface area contributed by atoms with E-state index in [4.69, 9.17) is 4.74 Å². The van der Waals surface area contributed by atoms with Gasteiger partial charge in [-0.25, -0.2) is 0 Å². The van der Waals surface area contributed by atoms with Crippen LogP contribution in [0.3, 0.4) is 0 Å². The first-order valence-electron chi connectivity index (χ1n) is 5.56. The summed E-state index contributed by atoms with van der Waals surface area (Å²) < 4.78 is 5.55. The molecular weight excluding hydrogens is 282 g/mol. The number of rotatable bonds is 4. The van der Waals surface area contributed by atoms with E-state index < -0.39 is 0 Å². The SMILES string of the molecule is O=C1CCc2ccc(OCC=CCBr)cc2N1. The molecule has 0 unspecified atom stereocenters. The van der Waals surface area contributed by atoms with Crippen LogP contribution >= 0.6 is 15.9 Å². The Morgan fingerprint density at radius 2 is 2.24 bits per heavy atom. The first kappa shape index (κ1) is 12.2. The number of amides is 1. The van der Waals surface area contributed by atoms with Gasteiger partial charge in [0.25, 0.3) is 0 Å². The average molecular weight is 296 g/mol. The Kier molecular flexibility index (Phi) is 4.20. The summed E-state index contributed by atoms with van der Waals surface area (Å²) in [6.45, 7) is 0.540. The summed E-state index contributed by atoms with van der Waals surface area (Å²) >= 11 is 3.30. The van der Waals surface area contributed by atoms with Gasteiger partial charge in [-0.15, -0.1) is 0 Å². The molecule has 1 aliphatic heterocycles. The molecule has 1 heterocycles. The highest BCUT2D eigenvalue weighted by Gasteiger charge is 2.14. The zero-order chi connectivity index (χ0) is 12.1. The molecule has 0 fully saturated rings. The second-order valence-electron chi connectivity index (χ2n) is 3.80. The monoisotopic (exact) mass is 295 g/mol. The molecule has 1 N–H and O–H groups in total. The number of ether oxygens (including phenoxy) is 1. The predicted octanol–water partition coefficient (Wildman–Crippen LogP) is 2.90. The molecule has 0 saturated heterocycles. The molecule has 0 radical (unpaired) electrons. The van der Waals surface area contributed by atoms with Crippen molar-refractivity contribution in [2.75, 3.05) is 17.3 Å². The molecule has 1 aromatic carbocycles. The number of aryl methyl sites for hydroxylation is 1. The number of carbonyl (C=O) groups excluding carboxylic acids is 1. The van der Waals surface area contributed by atoms with Crippen LogP contribution in [-0.4, -0.2) is 17.8 Å². The van der Waals surface area contributed by atoms with Gasteiger partial charge >= 0.3 is 0 Å². The number of alkyl halides is 1. The van der Waals surface area contributed by atoms with Gasteiger partial charge in [-0.3, -0.25) is 4.79 Å². The first-order chi connectivity index (χ1) is 8.29. The van der Waals surface area contributed by atoms with Gasteiger partial charge in [-0.2, -0.15) is 0 Å². The summed E-state index contributed by atoms with van der Waals surface area (Å²) in [6, 6.07) is 5.84. The lowest BCUT2D eigenvalue weighted by molar-refractivity contribution is -0.116. The third-order valence-corrected chi connectivity index (χ3v) is 2.95. The molecule has 0 aromatic heterocycles.